The summed E-state index contributed by atoms with van der Waals surface area (Å²) in [6, 6.07) is 11.9. The van der Waals surface area contributed by atoms with Crippen LogP contribution >= 0.6 is 11.3 Å². The van der Waals surface area contributed by atoms with Crippen LogP contribution < -0.4 is 10.2 Å². The van der Waals surface area contributed by atoms with Crippen molar-refractivity contribution < 1.29 is 14.0 Å². The highest BCUT2D eigenvalue weighted by molar-refractivity contribution is 7.15. The fourth-order valence-electron chi connectivity index (χ4n) is 3.63. The van der Waals surface area contributed by atoms with Crippen molar-refractivity contribution in [1.82, 2.24) is 10.2 Å². The van der Waals surface area contributed by atoms with E-state index in [9.17, 15) is 14.0 Å². The fraction of sp³-hybridized carbons (Fsp3) is 0.273. The molecule has 3 aromatic rings. The minimum absolute atomic E-state index is 0.0569. The number of anilines is 2. The predicted molar refractivity (Wildman–Crippen MR) is 114 cm³/mol. The molecule has 6 nitrogen and oxygen atoms in total. The van der Waals surface area contributed by atoms with Crippen molar-refractivity contribution in [3.05, 3.63) is 70.0 Å². The fourth-order valence-corrected chi connectivity index (χ4v) is 4.48. The van der Waals surface area contributed by atoms with E-state index in [1.165, 1.54) is 23.5 Å². The minimum atomic E-state index is -0.339. The van der Waals surface area contributed by atoms with E-state index in [2.05, 4.69) is 21.6 Å². The molecule has 0 saturated carbocycles. The number of aromatic nitrogens is 2. The lowest BCUT2D eigenvalue weighted by atomic mass is 10.1. The summed E-state index contributed by atoms with van der Waals surface area (Å²) in [6.07, 6.45) is 0.489. The Morgan fingerprint density at radius 2 is 1.87 bits per heavy atom. The highest BCUT2D eigenvalue weighted by Crippen LogP contribution is 2.34. The molecule has 1 atom stereocenters. The summed E-state index contributed by atoms with van der Waals surface area (Å²) in [5, 5.41) is 12.1. The molecule has 2 aromatic carbocycles. The van der Waals surface area contributed by atoms with Gasteiger partial charge in [0.1, 0.15) is 10.8 Å². The van der Waals surface area contributed by atoms with E-state index < -0.39 is 0 Å². The largest absolute Gasteiger partial charge is 0.312 e. The Labute approximate surface area is 177 Å². The molecule has 1 saturated heterocycles. The van der Waals surface area contributed by atoms with Crippen LogP contribution in [0.5, 0.6) is 0 Å². The third-order valence-electron chi connectivity index (χ3n) is 4.96. The van der Waals surface area contributed by atoms with Crippen LogP contribution in [0.4, 0.5) is 15.2 Å². The molecule has 0 spiro atoms. The number of amides is 2. The quantitative estimate of drug-likeness (QED) is 0.672. The molecule has 1 N–H and O–H groups in total. The molecule has 4 rings (SSSR count). The van der Waals surface area contributed by atoms with Crippen LogP contribution in [0.25, 0.3) is 0 Å². The number of halogens is 1. The second kappa shape index (κ2) is 8.31. The van der Waals surface area contributed by atoms with Crippen LogP contribution in [-0.2, 0) is 16.0 Å². The first kappa shape index (κ1) is 20.2. The molecular formula is C22H21FN4O2S. The first-order chi connectivity index (χ1) is 14.4. The van der Waals surface area contributed by atoms with E-state index >= 15 is 0 Å². The van der Waals surface area contributed by atoms with Gasteiger partial charge in [-0.05, 0) is 54.8 Å². The summed E-state index contributed by atoms with van der Waals surface area (Å²) in [5.74, 6) is -0.585. The number of nitrogens with one attached hydrogen (secondary N) is 1. The minimum Gasteiger partial charge on any atom is -0.312 e. The zero-order chi connectivity index (χ0) is 21.3. The summed E-state index contributed by atoms with van der Waals surface area (Å²) < 4.78 is 13.0. The Hall–Kier alpha value is -3.13. The molecule has 2 heterocycles. The van der Waals surface area contributed by atoms with Gasteiger partial charge in [-0.1, -0.05) is 29.5 Å². The standard InChI is InChI=1S/C22H21FN4O2S/c1-13-7-14(2)9-18(8-13)27-12-16(11-20(27)29)21-25-26-22(30-21)24-19(28)10-15-3-5-17(23)6-4-15/h3-9,16H,10-12H2,1-2H3,(H,24,26,28). The highest BCUT2D eigenvalue weighted by atomic mass is 32.1. The van der Waals surface area contributed by atoms with E-state index in [1.54, 1.807) is 17.0 Å². The van der Waals surface area contributed by atoms with Crippen molar-refractivity contribution >= 4 is 34.0 Å². The maximum absolute atomic E-state index is 13.0. The molecule has 1 aliphatic rings. The molecule has 1 aromatic heterocycles. The first-order valence-electron chi connectivity index (χ1n) is 9.64. The lowest BCUT2D eigenvalue weighted by Crippen LogP contribution is -2.24. The Kier molecular flexibility index (Phi) is 5.59. The molecule has 0 radical (unpaired) electrons. The van der Waals surface area contributed by atoms with Crippen molar-refractivity contribution in [3.8, 4) is 0 Å². The number of benzene rings is 2. The van der Waals surface area contributed by atoms with Crippen LogP contribution in [-0.4, -0.2) is 28.6 Å². The van der Waals surface area contributed by atoms with Crippen LogP contribution in [0, 0.1) is 19.7 Å². The van der Waals surface area contributed by atoms with Gasteiger partial charge in [0, 0.05) is 24.6 Å². The van der Waals surface area contributed by atoms with Crippen molar-refractivity contribution in [1.29, 1.82) is 0 Å². The lowest BCUT2D eigenvalue weighted by Gasteiger charge is -2.17. The van der Waals surface area contributed by atoms with Gasteiger partial charge >= 0.3 is 0 Å². The maximum Gasteiger partial charge on any atom is 0.230 e. The number of hydrogen-bond acceptors (Lipinski definition) is 5. The monoisotopic (exact) mass is 424 g/mol. The molecule has 8 heteroatoms. The van der Waals surface area contributed by atoms with Gasteiger partial charge in [-0.3, -0.25) is 9.59 Å². The molecule has 1 fully saturated rings. The average Bonchev–Trinajstić information content (AvgIpc) is 3.29. The normalized spacial score (nSPS) is 16.2. The van der Waals surface area contributed by atoms with Gasteiger partial charge in [-0.2, -0.15) is 0 Å². The van der Waals surface area contributed by atoms with E-state index in [1.807, 2.05) is 26.0 Å². The molecule has 0 aliphatic carbocycles. The van der Waals surface area contributed by atoms with Crippen molar-refractivity contribution in [2.75, 3.05) is 16.8 Å². The predicted octanol–water partition coefficient (Wildman–Crippen LogP) is 4.00. The van der Waals surface area contributed by atoms with Gasteiger partial charge in [-0.15, -0.1) is 10.2 Å². The second-order valence-corrected chi connectivity index (χ2v) is 8.56. The first-order valence-corrected chi connectivity index (χ1v) is 10.5. The Balaban J connectivity index is 1.40. The molecule has 0 bridgehead atoms. The van der Waals surface area contributed by atoms with Crippen molar-refractivity contribution in [3.63, 3.8) is 0 Å². The van der Waals surface area contributed by atoms with E-state index in [-0.39, 0.29) is 30.0 Å². The molecule has 1 aliphatic heterocycles. The average molecular weight is 425 g/mol. The number of nitrogens with zero attached hydrogens (tertiary/aromatic N) is 3. The summed E-state index contributed by atoms with van der Waals surface area (Å²) in [5.41, 5.74) is 3.84. The zero-order valence-electron chi connectivity index (χ0n) is 16.7. The number of aryl methyl sites for hydroxylation is 2. The van der Waals surface area contributed by atoms with Gasteiger partial charge < -0.3 is 10.2 Å². The van der Waals surface area contributed by atoms with Gasteiger partial charge in [0.25, 0.3) is 0 Å². The van der Waals surface area contributed by atoms with Crippen LogP contribution in [0.2, 0.25) is 0 Å². The molecular weight excluding hydrogens is 403 g/mol. The summed E-state index contributed by atoms with van der Waals surface area (Å²) in [4.78, 5) is 26.6. The van der Waals surface area contributed by atoms with Crippen molar-refractivity contribution in [2.45, 2.75) is 32.6 Å². The number of rotatable bonds is 5. The molecule has 154 valence electrons. The molecule has 2 amide bonds. The molecule has 1 unspecified atom stereocenters. The second-order valence-electron chi connectivity index (χ2n) is 7.55. The summed E-state index contributed by atoms with van der Waals surface area (Å²) >= 11 is 1.28. The van der Waals surface area contributed by atoms with Crippen molar-refractivity contribution in [2.24, 2.45) is 0 Å². The van der Waals surface area contributed by atoms with E-state index in [0.717, 1.165) is 21.8 Å². The van der Waals surface area contributed by atoms with Gasteiger partial charge in [0.2, 0.25) is 16.9 Å². The SMILES string of the molecule is Cc1cc(C)cc(N2CC(c3nnc(NC(=O)Cc4ccc(F)cc4)s3)CC2=O)c1. The maximum atomic E-state index is 13.0. The van der Waals surface area contributed by atoms with Gasteiger partial charge in [-0.25, -0.2) is 4.39 Å². The van der Waals surface area contributed by atoms with E-state index in [0.29, 0.717) is 23.7 Å². The Bertz CT molecular complexity index is 1080. The topological polar surface area (TPSA) is 75.2 Å². The summed E-state index contributed by atoms with van der Waals surface area (Å²) in [6.45, 7) is 4.57. The number of carbonyl (C=O) groups is 2. The Morgan fingerprint density at radius 1 is 1.17 bits per heavy atom. The third kappa shape index (κ3) is 4.54. The number of hydrogen-bond donors (Lipinski definition) is 1. The highest BCUT2D eigenvalue weighted by Gasteiger charge is 2.34. The third-order valence-corrected chi connectivity index (χ3v) is 5.96. The Morgan fingerprint density at radius 3 is 2.57 bits per heavy atom. The summed E-state index contributed by atoms with van der Waals surface area (Å²) in [7, 11) is 0. The van der Waals surface area contributed by atoms with Gasteiger partial charge in [0.15, 0.2) is 0 Å². The van der Waals surface area contributed by atoms with Gasteiger partial charge in [0.05, 0.1) is 6.42 Å². The lowest BCUT2D eigenvalue weighted by molar-refractivity contribution is -0.117. The number of carbonyl (C=O) groups excluding carboxylic acids is 2. The van der Waals surface area contributed by atoms with Crippen LogP contribution in [0.1, 0.15) is 34.0 Å². The molecule has 30 heavy (non-hydrogen) atoms. The van der Waals surface area contributed by atoms with Crippen LogP contribution in [0.15, 0.2) is 42.5 Å². The smallest absolute Gasteiger partial charge is 0.230 e. The van der Waals surface area contributed by atoms with E-state index in [4.69, 9.17) is 0 Å². The zero-order valence-corrected chi connectivity index (χ0v) is 17.5. The van der Waals surface area contributed by atoms with Crippen LogP contribution in [0.3, 0.4) is 0 Å².